The number of methoxy groups -OCH3 is 2. The van der Waals surface area contributed by atoms with Crippen LogP contribution < -0.4 is 9.47 Å². The van der Waals surface area contributed by atoms with Crippen LogP contribution in [0.4, 0.5) is 0 Å². The highest BCUT2D eigenvalue weighted by molar-refractivity contribution is 7.17. The first kappa shape index (κ1) is 17.8. The average Bonchev–Trinajstić information content (AvgIpc) is 3.46. The first-order valence-electron chi connectivity index (χ1n) is 9.74. The van der Waals surface area contributed by atoms with Gasteiger partial charge in [0.1, 0.15) is 11.5 Å². The molecule has 0 fully saturated rings. The van der Waals surface area contributed by atoms with Crippen molar-refractivity contribution in [2.24, 2.45) is 0 Å². The second kappa shape index (κ2) is 6.73. The van der Waals surface area contributed by atoms with Gasteiger partial charge in [-0.25, -0.2) is 0 Å². The molecule has 0 saturated carbocycles. The predicted molar refractivity (Wildman–Crippen MR) is 131 cm³/mol. The lowest BCUT2D eigenvalue weighted by atomic mass is 9.90. The largest absolute Gasteiger partial charge is 0.496 e. The predicted octanol–water partition coefficient (Wildman–Crippen LogP) is 8.11. The lowest BCUT2D eigenvalue weighted by Gasteiger charge is -2.16. The van der Waals surface area contributed by atoms with E-state index in [4.69, 9.17) is 9.47 Å². The molecular weight excluding hydrogens is 408 g/mol. The van der Waals surface area contributed by atoms with Crippen LogP contribution in [0, 0.1) is 0 Å². The van der Waals surface area contributed by atoms with Crippen LogP contribution in [0.1, 0.15) is 0 Å². The van der Waals surface area contributed by atoms with Gasteiger partial charge in [-0.3, -0.25) is 0 Å². The van der Waals surface area contributed by atoms with Crippen LogP contribution in [0.5, 0.6) is 11.5 Å². The van der Waals surface area contributed by atoms with Crippen LogP contribution in [0.15, 0.2) is 71.4 Å². The minimum atomic E-state index is 0.903. The Morgan fingerprint density at radius 3 is 1.40 bits per heavy atom. The van der Waals surface area contributed by atoms with Gasteiger partial charge in [-0.2, -0.15) is 0 Å². The van der Waals surface area contributed by atoms with Gasteiger partial charge in [0.15, 0.2) is 0 Å². The number of hydrogen-bond donors (Lipinski definition) is 0. The molecule has 30 heavy (non-hydrogen) atoms. The molecule has 2 aromatic heterocycles. The van der Waals surface area contributed by atoms with E-state index >= 15 is 0 Å². The fourth-order valence-corrected chi connectivity index (χ4v) is 6.14. The second-order valence-corrected chi connectivity index (χ2v) is 9.17. The van der Waals surface area contributed by atoms with Gasteiger partial charge in [-0.1, -0.05) is 12.1 Å². The van der Waals surface area contributed by atoms with E-state index in [9.17, 15) is 0 Å². The van der Waals surface area contributed by atoms with Gasteiger partial charge >= 0.3 is 0 Å². The zero-order valence-electron chi connectivity index (χ0n) is 16.6. The summed E-state index contributed by atoms with van der Waals surface area (Å²) in [6.45, 7) is 0. The monoisotopic (exact) mass is 426 g/mol. The molecule has 146 valence electrons. The van der Waals surface area contributed by atoms with Crippen molar-refractivity contribution in [3.8, 4) is 22.6 Å². The van der Waals surface area contributed by atoms with Gasteiger partial charge in [-0.05, 0) is 70.4 Å². The smallest absolute Gasteiger partial charge is 0.126 e. The second-order valence-electron chi connectivity index (χ2n) is 7.27. The van der Waals surface area contributed by atoms with E-state index < -0.39 is 0 Å². The molecule has 6 aromatic rings. The highest BCUT2D eigenvalue weighted by atomic mass is 32.1. The fourth-order valence-electron chi connectivity index (χ4n) is 4.55. The number of hydrogen-bond acceptors (Lipinski definition) is 4. The number of thiophene rings is 2. The third-order valence-electron chi connectivity index (χ3n) is 5.87. The van der Waals surface area contributed by atoms with Gasteiger partial charge in [0, 0.05) is 41.7 Å². The SMILES string of the molecule is COc1ccc(-c2ccc(OC)c3ccc4sccc4c23)c2c1ccc1sccc12. The van der Waals surface area contributed by atoms with Crippen molar-refractivity contribution in [3.05, 3.63) is 71.4 Å². The van der Waals surface area contributed by atoms with Crippen LogP contribution in [0.2, 0.25) is 0 Å². The van der Waals surface area contributed by atoms with E-state index in [0.29, 0.717) is 0 Å². The third kappa shape index (κ3) is 2.41. The Labute approximate surface area is 181 Å². The molecule has 0 aliphatic heterocycles. The zero-order chi connectivity index (χ0) is 20.2. The van der Waals surface area contributed by atoms with E-state index in [1.54, 1.807) is 36.9 Å². The van der Waals surface area contributed by atoms with Crippen LogP contribution in [-0.4, -0.2) is 14.2 Å². The molecule has 6 rings (SSSR count). The van der Waals surface area contributed by atoms with Gasteiger partial charge < -0.3 is 9.47 Å². The Morgan fingerprint density at radius 1 is 0.500 bits per heavy atom. The quantitative estimate of drug-likeness (QED) is 0.284. The zero-order valence-corrected chi connectivity index (χ0v) is 18.2. The Bertz CT molecular complexity index is 1450. The summed E-state index contributed by atoms with van der Waals surface area (Å²) < 4.78 is 14.0. The molecule has 0 atom stereocenters. The van der Waals surface area contributed by atoms with Crippen molar-refractivity contribution < 1.29 is 9.47 Å². The Hall–Kier alpha value is -3.08. The average molecular weight is 427 g/mol. The maximum atomic E-state index is 5.71. The van der Waals surface area contributed by atoms with Crippen LogP contribution >= 0.6 is 22.7 Å². The summed E-state index contributed by atoms with van der Waals surface area (Å²) in [6.07, 6.45) is 0. The van der Waals surface area contributed by atoms with Crippen LogP contribution in [0.25, 0.3) is 52.8 Å². The molecule has 0 N–H and O–H groups in total. The Morgan fingerprint density at radius 2 is 0.967 bits per heavy atom. The maximum absolute atomic E-state index is 5.71. The number of benzene rings is 4. The van der Waals surface area contributed by atoms with Gasteiger partial charge in [0.25, 0.3) is 0 Å². The number of fused-ring (bicyclic) bond motifs is 6. The fraction of sp³-hybridized carbons (Fsp3) is 0.0769. The summed E-state index contributed by atoms with van der Waals surface area (Å²) >= 11 is 3.55. The van der Waals surface area contributed by atoms with Crippen molar-refractivity contribution in [1.82, 2.24) is 0 Å². The molecule has 4 aromatic carbocycles. The number of ether oxygens (including phenoxy) is 2. The Balaban J connectivity index is 1.83. The first-order chi connectivity index (χ1) is 14.8. The maximum Gasteiger partial charge on any atom is 0.126 e. The highest BCUT2D eigenvalue weighted by Crippen LogP contribution is 2.45. The van der Waals surface area contributed by atoms with Crippen LogP contribution in [-0.2, 0) is 0 Å². The molecule has 0 radical (unpaired) electrons. The molecule has 4 heteroatoms. The molecule has 2 heterocycles. The summed E-state index contributed by atoms with van der Waals surface area (Å²) in [5.41, 5.74) is 2.45. The normalized spacial score (nSPS) is 11.7. The van der Waals surface area contributed by atoms with E-state index in [-0.39, 0.29) is 0 Å². The van der Waals surface area contributed by atoms with Crippen molar-refractivity contribution in [2.45, 2.75) is 0 Å². The topological polar surface area (TPSA) is 18.5 Å². The molecular formula is C26H18O2S2. The molecule has 0 saturated heterocycles. The van der Waals surface area contributed by atoms with Crippen molar-refractivity contribution in [3.63, 3.8) is 0 Å². The van der Waals surface area contributed by atoms with Crippen molar-refractivity contribution in [1.29, 1.82) is 0 Å². The van der Waals surface area contributed by atoms with Crippen LogP contribution in [0.3, 0.4) is 0 Å². The summed E-state index contributed by atoms with van der Waals surface area (Å²) in [6, 6.07) is 21.8. The van der Waals surface area contributed by atoms with Crippen molar-refractivity contribution in [2.75, 3.05) is 14.2 Å². The summed E-state index contributed by atoms with van der Waals surface area (Å²) in [4.78, 5) is 0. The van der Waals surface area contributed by atoms with E-state index in [2.05, 4.69) is 71.4 Å². The standard InChI is InChI=1S/C26H18O2S2/c1-27-21-7-3-15(25-17(21)5-9-23-19(25)11-13-29-23)16-4-8-22(28-2)18-6-10-24-20(26(16)18)12-14-30-24/h3-14H,1-2H3. The van der Waals surface area contributed by atoms with E-state index in [1.165, 1.54) is 42.1 Å². The third-order valence-corrected chi connectivity index (χ3v) is 7.64. The lowest BCUT2D eigenvalue weighted by Crippen LogP contribution is -1.91. The molecule has 0 bridgehead atoms. The van der Waals surface area contributed by atoms with E-state index in [1.807, 2.05) is 0 Å². The summed E-state index contributed by atoms with van der Waals surface area (Å²) in [5, 5.41) is 11.6. The highest BCUT2D eigenvalue weighted by Gasteiger charge is 2.17. The molecule has 0 spiro atoms. The minimum Gasteiger partial charge on any atom is -0.496 e. The Kier molecular flexibility index (Phi) is 3.98. The molecule has 0 unspecified atom stereocenters. The van der Waals surface area contributed by atoms with Gasteiger partial charge in [0.05, 0.1) is 14.2 Å². The molecule has 0 aliphatic rings. The van der Waals surface area contributed by atoms with Crippen molar-refractivity contribution >= 4 is 64.4 Å². The molecule has 0 amide bonds. The minimum absolute atomic E-state index is 0.903. The molecule has 2 nitrogen and oxygen atoms in total. The van der Waals surface area contributed by atoms with Gasteiger partial charge in [0.2, 0.25) is 0 Å². The van der Waals surface area contributed by atoms with Gasteiger partial charge in [-0.15, -0.1) is 22.7 Å². The lowest BCUT2D eigenvalue weighted by molar-refractivity contribution is 0.419. The number of rotatable bonds is 3. The summed E-state index contributed by atoms with van der Waals surface area (Å²) in [7, 11) is 3.48. The molecule has 0 aliphatic carbocycles. The summed E-state index contributed by atoms with van der Waals surface area (Å²) in [5.74, 6) is 1.81. The first-order valence-corrected chi connectivity index (χ1v) is 11.5. The van der Waals surface area contributed by atoms with E-state index in [0.717, 1.165) is 22.3 Å².